The van der Waals surface area contributed by atoms with Crippen molar-refractivity contribution in [2.24, 2.45) is 5.92 Å². The summed E-state index contributed by atoms with van der Waals surface area (Å²) in [5.41, 5.74) is 0. The fourth-order valence-electron chi connectivity index (χ4n) is 9.10. The highest BCUT2D eigenvalue weighted by molar-refractivity contribution is 5.71. The van der Waals surface area contributed by atoms with E-state index in [0.29, 0.717) is 19.3 Å². The van der Waals surface area contributed by atoms with Crippen LogP contribution in [0.2, 0.25) is 0 Å². The summed E-state index contributed by atoms with van der Waals surface area (Å²) in [5, 5.41) is 0. The van der Waals surface area contributed by atoms with Gasteiger partial charge in [0.05, 0.1) is 0 Å². The topological polar surface area (TPSA) is 78.9 Å². The van der Waals surface area contributed by atoms with Crippen molar-refractivity contribution < 1.29 is 28.6 Å². The molecule has 0 aliphatic heterocycles. The smallest absolute Gasteiger partial charge is 0.306 e. The van der Waals surface area contributed by atoms with Crippen molar-refractivity contribution in [2.45, 2.75) is 342 Å². The second kappa shape index (κ2) is 53.4. The molecule has 1 atom stereocenters. The lowest BCUT2D eigenvalue weighted by Crippen LogP contribution is -2.30. The monoisotopic (exact) mass is 919 g/mol. The maximum absolute atomic E-state index is 12.8. The van der Waals surface area contributed by atoms with Crippen molar-refractivity contribution in [3.8, 4) is 0 Å². The van der Waals surface area contributed by atoms with E-state index in [1.807, 2.05) is 0 Å². The molecule has 0 aliphatic carbocycles. The highest BCUT2D eigenvalue weighted by Gasteiger charge is 2.19. The molecular weight excluding hydrogens is 805 g/mol. The zero-order chi connectivity index (χ0) is 47.4. The van der Waals surface area contributed by atoms with Gasteiger partial charge in [0.2, 0.25) is 0 Å². The van der Waals surface area contributed by atoms with Crippen LogP contribution < -0.4 is 0 Å². The van der Waals surface area contributed by atoms with E-state index in [4.69, 9.17) is 14.2 Å². The minimum absolute atomic E-state index is 0.0616. The molecule has 0 amide bonds. The van der Waals surface area contributed by atoms with E-state index in [9.17, 15) is 14.4 Å². The number of carbonyl (C=O) groups excluding carboxylic acids is 3. The van der Waals surface area contributed by atoms with Crippen LogP contribution in [0.3, 0.4) is 0 Å². The van der Waals surface area contributed by atoms with Crippen molar-refractivity contribution in [1.82, 2.24) is 0 Å². The Bertz CT molecular complexity index is 980. The minimum atomic E-state index is -0.761. The van der Waals surface area contributed by atoms with E-state index in [1.165, 1.54) is 231 Å². The van der Waals surface area contributed by atoms with Gasteiger partial charge in [0.1, 0.15) is 13.2 Å². The first kappa shape index (κ1) is 63.4. The van der Waals surface area contributed by atoms with Crippen LogP contribution in [-0.2, 0) is 28.6 Å². The number of hydrogen-bond acceptors (Lipinski definition) is 6. The van der Waals surface area contributed by atoms with Crippen LogP contribution in [-0.4, -0.2) is 37.2 Å². The Hall–Kier alpha value is -1.59. The number of esters is 3. The van der Waals surface area contributed by atoms with Crippen molar-refractivity contribution in [1.29, 1.82) is 0 Å². The fourth-order valence-corrected chi connectivity index (χ4v) is 9.10. The molecular formula is C59H114O6. The van der Waals surface area contributed by atoms with Crippen LogP contribution in [0, 0.1) is 5.92 Å². The Morgan fingerprint density at radius 3 is 0.754 bits per heavy atom. The molecule has 0 radical (unpaired) electrons. The molecule has 0 aromatic carbocycles. The number of carbonyl (C=O) groups is 3. The summed E-state index contributed by atoms with van der Waals surface area (Å²) in [4.78, 5) is 38.1. The van der Waals surface area contributed by atoms with Gasteiger partial charge in [-0.1, -0.05) is 297 Å². The summed E-state index contributed by atoms with van der Waals surface area (Å²) in [6, 6.07) is 0. The molecule has 0 aliphatic rings. The number of rotatable bonds is 54. The van der Waals surface area contributed by atoms with Gasteiger partial charge < -0.3 is 14.2 Å². The molecule has 0 bridgehead atoms. The van der Waals surface area contributed by atoms with Gasteiger partial charge in [-0.2, -0.15) is 0 Å². The largest absolute Gasteiger partial charge is 0.462 e. The van der Waals surface area contributed by atoms with E-state index in [0.717, 1.165) is 63.7 Å². The molecule has 0 heterocycles. The molecule has 0 fully saturated rings. The summed E-state index contributed by atoms with van der Waals surface area (Å²) in [5.74, 6) is 0.0159. The molecule has 65 heavy (non-hydrogen) atoms. The van der Waals surface area contributed by atoms with E-state index in [1.54, 1.807) is 0 Å². The lowest BCUT2D eigenvalue weighted by molar-refractivity contribution is -0.167. The Morgan fingerprint density at radius 1 is 0.292 bits per heavy atom. The van der Waals surface area contributed by atoms with E-state index in [-0.39, 0.29) is 31.1 Å². The maximum Gasteiger partial charge on any atom is 0.306 e. The summed E-state index contributed by atoms with van der Waals surface area (Å²) in [6.45, 7) is 9.07. The SMILES string of the molecule is CCCCCCCCCCCCCCCCCC(=O)OC[C@@H](COC(=O)CCCCCCCCCCCCCCCCCC(C)C)OC(=O)CCCCCCCCCCCCCCCC. The lowest BCUT2D eigenvalue weighted by Gasteiger charge is -2.18. The van der Waals surface area contributed by atoms with Crippen LogP contribution in [0.4, 0.5) is 0 Å². The highest BCUT2D eigenvalue weighted by Crippen LogP contribution is 2.18. The maximum atomic E-state index is 12.8. The van der Waals surface area contributed by atoms with Crippen LogP contribution in [0.25, 0.3) is 0 Å². The van der Waals surface area contributed by atoms with Gasteiger partial charge in [-0.25, -0.2) is 0 Å². The second-order valence-corrected chi connectivity index (χ2v) is 20.8. The molecule has 0 aromatic heterocycles. The van der Waals surface area contributed by atoms with Gasteiger partial charge in [-0.15, -0.1) is 0 Å². The summed E-state index contributed by atoms with van der Waals surface area (Å²) in [7, 11) is 0. The normalized spacial score (nSPS) is 12.0. The van der Waals surface area contributed by atoms with Gasteiger partial charge in [0, 0.05) is 19.3 Å². The molecule has 0 rings (SSSR count). The first-order valence-corrected chi connectivity index (χ1v) is 29.4. The average molecular weight is 920 g/mol. The predicted octanol–water partition coefficient (Wildman–Crippen LogP) is 19.4. The van der Waals surface area contributed by atoms with Crippen LogP contribution in [0.5, 0.6) is 0 Å². The molecule has 6 heteroatoms. The zero-order valence-corrected chi connectivity index (χ0v) is 44.5. The third-order valence-corrected chi connectivity index (χ3v) is 13.5. The first-order chi connectivity index (χ1) is 31.9. The fraction of sp³-hybridized carbons (Fsp3) is 0.949. The standard InChI is InChI=1S/C59H114O6/c1-5-7-9-11-13-15-17-19-22-27-30-34-38-42-46-50-57(60)63-53-56(65-59(62)52-48-44-40-36-32-26-20-18-16-14-12-10-8-6-2)54-64-58(61)51-47-43-39-35-31-28-24-21-23-25-29-33-37-41-45-49-55(3)4/h55-56H,5-54H2,1-4H3/t56-/m0/s1. The number of ether oxygens (including phenoxy) is 3. The molecule has 6 nitrogen and oxygen atoms in total. The summed E-state index contributed by atoms with van der Waals surface area (Å²) >= 11 is 0. The summed E-state index contributed by atoms with van der Waals surface area (Å²) < 4.78 is 16.9. The van der Waals surface area contributed by atoms with Gasteiger partial charge in [0.15, 0.2) is 6.10 Å². The molecule has 0 saturated carbocycles. The summed E-state index contributed by atoms with van der Waals surface area (Å²) in [6.07, 6.45) is 58.0. The van der Waals surface area contributed by atoms with Crippen LogP contribution in [0.15, 0.2) is 0 Å². The first-order valence-electron chi connectivity index (χ1n) is 29.4. The van der Waals surface area contributed by atoms with Crippen molar-refractivity contribution in [3.63, 3.8) is 0 Å². The molecule has 386 valence electrons. The Kier molecular flexibility index (Phi) is 52.1. The van der Waals surface area contributed by atoms with Crippen LogP contribution >= 0.6 is 0 Å². The van der Waals surface area contributed by atoms with E-state index < -0.39 is 6.10 Å². The Morgan fingerprint density at radius 2 is 0.508 bits per heavy atom. The van der Waals surface area contributed by atoms with E-state index in [2.05, 4.69) is 27.7 Å². The highest BCUT2D eigenvalue weighted by atomic mass is 16.6. The Balaban J connectivity index is 4.28. The van der Waals surface area contributed by atoms with Gasteiger partial charge in [-0.3, -0.25) is 14.4 Å². The lowest BCUT2D eigenvalue weighted by atomic mass is 10.0. The molecule has 0 unspecified atom stereocenters. The average Bonchev–Trinajstić information content (AvgIpc) is 3.29. The van der Waals surface area contributed by atoms with Gasteiger partial charge >= 0.3 is 17.9 Å². The quantitative estimate of drug-likeness (QED) is 0.0344. The minimum Gasteiger partial charge on any atom is -0.462 e. The molecule has 0 spiro atoms. The van der Waals surface area contributed by atoms with Crippen molar-refractivity contribution >= 4 is 17.9 Å². The Labute approximate surface area is 406 Å². The second-order valence-electron chi connectivity index (χ2n) is 20.8. The van der Waals surface area contributed by atoms with Gasteiger partial charge in [-0.05, 0) is 25.2 Å². The predicted molar refractivity (Wildman–Crippen MR) is 280 cm³/mol. The molecule has 0 saturated heterocycles. The van der Waals surface area contributed by atoms with Gasteiger partial charge in [0.25, 0.3) is 0 Å². The van der Waals surface area contributed by atoms with Crippen LogP contribution in [0.1, 0.15) is 336 Å². The zero-order valence-electron chi connectivity index (χ0n) is 44.5. The number of hydrogen-bond donors (Lipinski definition) is 0. The third-order valence-electron chi connectivity index (χ3n) is 13.5. The third kappa shape index (κ3) is 53.2. The van der Waals surface area contributed by atoms with E-state index >= 15 is 0 Å². The molecule has 0 aromatic rings. The number of unbranched alkanes of at least 4 members (excludes halogenated alkanes) is 41. The van der Waals surface area contributed by atoms with Crippen molar-refractivity contribution in [2.75, 3.05) is 13.2 Å². The van der Waals surface area contributed by atoms with Crippen molar-refractivity contribution in [3.05, 3.63) is 0 Å². The molecule has 0 N–H and O–H groups in total.